The highest BCUT2D eigenvalue weighted by molar-refractivity contribution is 5.29. The van der Waals surface area contributed by atoms with Gasteiger partial charge in [0.2, 0.25) is 0 Å². The van der Waals surface area contributed by atoms with Crippen molar-refractivity contribution in [3.8, 4) is 11.8 Å². The first kappa shape index (κ1) is 23.5. The first-order valence-corrected chi connectivity index (χ1v) is 11.4. The summed E-state index contributed by atoms with van der Waals surface area (Å²) >= 11 is 0. The summed E-state index contributed by atoms with van der Waals surface area (Å²) in [5.74, 6) is 0.829. The molecule has 1 rings (SSSR count). The molecule has 0 N–H and O–H groups in total. The van der Waals surface area contributed by atoms with E-state index in [2.05, 4.69) is 25.1 Å². The Bertz CT molecular complexity index is 505. The molecular weight excluding hydrogens is 330 g/mol. The van der Waals surface area contributed by atoms with Crippen molar-refractivity contribution in [1.29, 1.82) is 5.26 Å². The quantitative estimate of drug-likeness (QED) is 0.260. The minimum Gasteiger partial charge on any atom is -0.476 e. The molecule has 0 aliphatic carbocycles. The van der Waals surface area contributed by atoms with E-state index in [0.717, 1.165) is 18.6 Å². The highest BCUT2D eigenvalue weighted by Gasteiger charge is 2.06. The average molecular weight is 372 g/mol. The van der Waals surface area contributed by atoms with Gasteiger partial charge in [-0.3, -0.25) is 0 Å². The van der Waals surface area contributed by atoms with Crippen molar-refractivity contribution < 1.29 is 4.74 Å². The lowest BCUT2D eigenvalue weighted by atomic mass is 10.0. The van der Waals surface area contributed by atoms with Crippen molar-refractivity contribution in [2.24, 2.45) is 0 Å². The lowest BCUT2D eigenvalue weighted by molar-refractivity contribution is 0.251. The van der Waals surface area contributed by atoms with Gasteiger partial charge in [0, 0.05) is 0 Å². The van der Waals surface area contributed by atoms with Gasteiger partial charge in [-0.1, -0.05) is 103 Å². The van der Waals surface area contributed by atoms with Gasteiger partial charge in [-0.25, -0.2) is 0 Å². The number of nitrogens with zero attached hydrogens (tertiary/aromatic N) is 1. The first-order valence-electron chi connectivity index (χ1n) is 11.4. The average Bonchev–Trinajstić information content (AvgIpc) is 2.70. The predicted molar refractivity (Wildman–Crippen MR) is 116 cm³/mol. The second-order valence-electron chi connectivity index (χ2n) is 7.78. The summed E-state index contributed by atoms with van der Waals surface area (Å²) in [6.07, 6.45) is 19.6. The zero-order chi connectivity index (χ0) is 19.6. The molecule has 0 aliphatic heterocycles. The summed E-state index contributed by atoms with van der Waals surface area (Å²) in [6, 6.07) is 10.4. The molecule has 0 bridgehead atoms. The summed E-state index contributed by atoms with van der Waals surface area (Å²) in [6.45, 7) is 4.26. The van der Waals surface area contributed by atoms with E-state index in [9.17, 15) is 0 Å². The van der Waals surface area contributed by atoms with Gasteiger partial charge in [0.15, 0.2) is 6.10 Å². The fourth-order valence-electron chi connectivity index (χ4n) is 3.49. The van der Waals surface area contributed by atoms with Crippen molar-refractivity contribution in [2.45, 2.75) is 116 Å². The predicted octanol–water partition coefficient (Wildman–Crippen LogP) is 8.00. The van der Waals surface area contributed by atoms with E-state index < -0.39 is 0 Å². The molecule has 0 aromatic heterocycles. The maximum atomic E-state index is 9.02. The molecule has 0 spiro atoms. The number of rotatable bonds is 17. The standard InChI is InChI=1S/C25H41NO/c1-3-5-6-7-8-9-10-11-12-13-14-15-16-18-23-19-17-20-25(21-23)27-24(4-2)22-26/h17,19-21,24H,3-16,18H2,1-2H3. The van der Waals surface area contributed by atoms with Crippen molar-refractivity contribution in [3.05, 3.63) is 29.8 Å². The molecule has 27 heavy (non-hydrogen) atoms. The molecule has 1 aromatic rings. The van der Waals surface area contributed by atoms with Gasteiger partial charge >= 0.3 is 0 Å². The van der Waals surface area contributed by atoms with Crippen LogP contribution in [0.1, 0.15) is 109 Å². The van der Waals surface area contributed by atoms with Gasteiger partial charge < -0.3 is 4.74 Å². The molecule has 1 unspecified atom stereocenters. The number of hydrogen-bond donors (Lipinski definition) is 0. The zero-order valence-corrected chi connectivity index (χ0v) is 17.8. The zero-order valence-electron chi connectivity index (χ0n) is 17.8. The summed E-state index contributed by atoms with van der Waals surface area (Å²) in [7, 11) is 0. The minimum atomic E-state index is -0.336. The summed E-state index contributed by atoms with van der Waals surface area (Å²) < 4.78 is 5.71. The highest BCUT2D eigenvalue weighted by Crippen LogP contribution is 2.18. The lowest BCUT2D eigenvalue weighted by Crippen LogP contribution is -2.12. The third-order valence-electron chi connectivity index (χ3n) is 5.26. The lowest BCUT2D eigenvalue weighted by Gasteiger charge is -2.11. The van der Waals surface area contributed by atoms with E-state index >= 15 is 0 Å². The summed E-state index contributed by atoms with van der Waals surface area (Å²) in [4.78, 5) is 0. The Hall–Kier alpha value is -1.49. The molecule has 0 amide bonds. The van der Waals surface area contributed by atoms with Crippen LogP contribution in [0.4, 0.5) is 0 Å². The van der Waals surface area contributed by atoms with Crippen LogP contribution in [0.5, 0.6) is 5.75 Å². The van der Waals surface area contributed by atoms with Crippen LogP contribution in [-0.2, 0) is 6.42 Å². The van der Waals surface area contributed by atoms with Crippen LogP contribution in [0.2, 0.25) is 0 Å². The molecule has 0 fully saturated rings. The number of unbranched alkanes of at least 4 members (excludes halogenated alkanes) is 12. The molecule has 1 aromatic carbocycles. The molecule has 0 heterocycles. The van der Waals surface area contributed by atoms with E-state index in [0.29, 0.717) is 0 Å². The van der Waals surface area contributed by atoms with E-state index in [1.165, 1.54) is 89.0 Å². The SMILES string of the molecule is CCCCCCCCCCCCCCCc1cccc(OC(C#N)CC)c1. The fourth-order valence-corrected chi connectivity index (χ4v) is 3.49. The van der Waals surface area contributed by atoms with Crippen LogP contribution in [-0.4, -0.2) is 6.10 Å². The van der Waals surface area contributed by atoms with Crippen molar-refractivity contribution in [1.82, 2.24) is 0 Å². The van der Waals surface area contributed by atoms with Crippen LogP contribution in [0.15, 0.2) is 24.3 Å². The van der Waals surface area contributed by atoms with Crippen LogP contribution in [0.25, 0.3) is 0 Å². The Balaban J connectivity index is 2.00. The Morgan fingerprint density at radius 2 is 1.37 bits per heavy atom. The van der Waals surface area contributed by atoms with Crippen molar-refractivity contribution in [2.75, 3.05) is 0 Å². The molecule has 2 heteroatoms. The molecule has 0 radical (unpaired) electrons. The van der Waals surface area contributed by atoms with Gasteiger partial charge in [-0.2, -0.15) is 5.26 Å². The second kappa shape index (κ2) is 16.7. The molecule has 152 valence electrons. The van der Waals surface area contributed by atoms with Crippen LogP contribution >= 0.6 is 0 Å². The van der Waals surface area contributed by atoms with Crippen molar-refractivity contribution >= 4 is 0 Å². The topological polar surface area (TPSA) is 33.0 Å². The van der Waals surface area contributed by atoms with Gasteiger partial charge in [0.05, 0.1) is 0 Å². The third-order valence-corrected chi connectivity index (χ3v) is 5.26. The Morgan fingerprint density at radius 3 is 1.89 bits per heavy atom. The van der Waals surface area contributed by atoms with E-state index in [-0.39, 0.29) is 6.10 Å². The van der Waals surface area contributed by atoms with Gasteiger partial charge in [-0.05, 0) is 37.0 Å². The largest absolute Gasteiger partial charge is 0.476 e. The van der Waals surface area contributed by atoms with Crippen LogP contribution in [0.3, 0.4) is 0 Å². The maximum absolute atomic E-state index is 9.02. The van der Waals surface area contributed by atoms with E-state index in [1.54, 1.807) is 0 Å². The molecule has 0 saturated carbocycles. The number of nitriles is 1. The smallest absolute Gasteiger partial charge is 0.184 e. The number of aryl methyl sites for hydroxylation is 1. The maximum Gasteiger partial charge on any atom is 0.184 e. The molecular formula is C25H41NO. The Kier molecular flexibility index (Phi) is 14.5. The normalized spacial score (nSPS) is 11.9. The fraction of sp³-hybridized carbons (Fsp3) is 0.720. The minimum absolute atomic E-state index is 0.336. The Morgan fingerprint density at radius 1 is 0.815 bits per heavy atom. The van der Waals surface area contributed by atoms with Crippen molar-refractivity contribution in [3.63, 3.8) is 0 Å². The number of hydrogen-bond acceptors (Lipinski definition) is 2. The first-order chi connectivity index (χ1) is 13.3. The number of ether oxygens (including phenoxy) is 1. The highest BCUT2D eigenvalue weighted by atomic mass is 16.5. The second-order valence-corrected chi connectivity index (χ2v) is 7.78. The van der Waals surface area contributed by atoms with Crippen LogP contribution < -0.4 is 4.74 Å². The van der Waals surface area contributed by atoms with E-state index in [1.807, 2.05) is 19.1 Å². The molecule has 0 saturated heterocycles. The summed E-state index contributed by atoms with van der Waals surface area (Å²) in [5.41, 5.74) is 1.32. The van der Waals surface area contributed by atoms with Gasteiger partial charge in [0.1, 0.15) is 11.8 Å². The van der Waals surface area contributed by atoms with Gasteiger partial charge in [0.25, 0.3) is 0 Å². The van der Waals surface area contributed by atoms with Crippen LogP contribution in [0, 0.1) is 11.3 Å². The van der Waals surface area contributed by atoms with Gasteiger partial charge in [-0.15, -0.1) is 0 Å². The molecule has 0 aliphatic rings. The third kappa shape index (κ3) is 12.5. The molecule has 1 atom stereocenters. The Labute approximate surface area is 168 Å². The summed E-state index contributed by atoms with van der Waals surface area (Å²) in [5, 5.41) is 9.02. The monoisotopic (exact) mass is 371 g/mol. The molecule has 2 nitrogen and oxygen atoms in total. The van der Waals surface area contributed by atoms with E-state index in [4.69, 9.17) is 10.00 Å². The number of benzene rings is 1.